The third-order valence-corrected chi connectivity index (χ3v) is 12.2. The minimum atomic E-state index is -3.99. The fourth-order valence-electron chi connectivity index (χ4n) is 7.75. The zero-order valence-electron chi connectivity index (χ0n) is 23.5. The molecule has 2 fully saturated rings. The van der Waals surface area contributed by atoms with Crippen molar-refractivity contribution in [2.45, 2.75) is 55.3 Å². The minimum Gasteiger partial charge on any atom is -0.490 e. The van der Waals surface area contributed by atoms with Crippen molar-refractivity contribution in [3.05, 3.63) is 70.3 Å². The maximum absolute atomic E-state index is 13.4. The van der Waals surface area contributed by atoms with E-state index in [0.29, 0.717) is 38.5 Å². The van der Waals surface area contributed by atoms with Gasteiger partial charge in [0.15, 0.2) is 0 Å². The van der Waals surface area contributed by atoms with Crippen LogP contribution in [0.2, 0.25) is 5.02 Å². The van der Waals surface area contributed by atoms with Crippen molar-refractivity contribution in [2.75, 3.05) is 37.8 Å². The number of amides is 1. The van der Waals surface area contributed by atoms with Crippen LogP contribution in [0.3, 0.4) is 0 Å². The van der Waals surface area contributed by atoms with Crippen LogP contribution in [0, 0.1) is 17.8 Å². The Hall–Kier alpha value is -2.59. The number of carbonyl (C=O) groups excluding carboxylic acids is 1. The highest BCUT2D eigenvalue weighted by Gasteiger charge is 2.45. The summed E-state index contributed by atoms with van der Waals surface area (Å²) in [6.07, 6.45) is 8.47. The number of sulfonamides is 1. The number of halogens is 1. The number of fused-ring (bicyclic) bond motifs is 5. The molecule has 1 saturated carbocycles. The van der Waals surface area contributed by atoms with Gasteiger partial charge in [0.25, 0.3) is 5.91 Å². The Balaban J connectivity index is 1.29. The molecule has 5 aliphatic rings. The first kappa shape index (κ1) is 28.2. The Morgan fingerprint density at radius 2 is 1.98 bits per heavy atom. The lowest BCUT2D eigenvalue weighted by molar-refractivity contribution is 0.0455. The minimum absolute atomic E-state index is 0.0367. The quantitative estimate of drug-likeness (QED) is 0.429. The number of aliphatic hydroxyl groups excluding tert-OH is 1. The lowest BCUT2D eigenvalue weighted by Gasteiger charge is -2.45. The van der Waals surface area contributed by atoms with E-state index in [1.165, 1.54) is 11.1 Å². The molecular formula is C32H37ClN2O6S. The molecule has 224 valence electrons. The van der Waals surface area contributed by atoms with E-state index in [1.807, 2.05) is 18.2 Å². The predicted molar refractivity (Wildman–Crippen MR) is 161 cm³/mol. The molecule has 3 heterocycles. The van der Waals surface area contributed by atoms with Gasteiger partial charge in [-0.3, -0.25) is 4.79 Å². The Bertz CT molecular complexity index is 1530. The number of aliphatic hydroxyl groups is 1. The van der Waals surface area contributed by atoms with Crippen LogP contribution in [0.25, 0.3) is 0 Å². The van der Waals surface area contributed by atoms with Gasteiger partial charge in [-0.25, -0.2) is 13.1 Å². The average molecular weight is 613 g/mol. The summed E-state index contributed by atoms with van der Waals surface area (Å²) in [5, 5.41) is 11.0. The summed E-state index contributed by atoms with van der Waals surface area (Å²) in [7, 11) is -3.99. The van der Waals surface area contributed by atoms with Crippen LogP contribution in [0.5, 0.6) is 5.75 Å². The normalized spacial score (nSPS) is 34.6. The van der Waals surface area contributed by atoms with Crippen LogP contribution in [-0.2, 0) is 26.6 Å². The topological polar surface area (TPSA) is 105 Å². The summed E-state index contributed by atoms with van der Waals surface area (Å²) in [5.74, 6) is 0.119. The van der Waals surface area contributed by atoms with Crippen molar-refractivity contribution < 1.29 is 27.8 Å². The van der Waals surface area contributed by atoms with Gasteiger partial charge in [-0.15, -0.1) is 0 Å². The summed E-state index contributed by atoms with van der Waals surface area (Å²) in [5.41, 5.74) is 3.29. The number of nitrogens with one attached hydrogen (secondary N) is 1. The number of hydrogen-bond donors (Lipinski definition) is 2. The van der Waals surface area contributed by atoms with Gasteiger partial charge in [-0.2, -0.15) is 0 Å². The molecule has 2 bridgehead atoms. The van der Waals surface area contributed by atoms with E-state index >= 15 is 0 Å². The molecule has 1 spiro atoms. The number of ether oxygens (including phenoxy) is 2. The number of hydrogen-bond acceptors (Lipinski definition) is 7. The number of benzene rings is 2. The van der Waals surface area contributed by atoms with Crippen LogP contribution >= 0.6 is 11.6 Å². The SMILES string of the molecule is O=C1NS(=O)(=O)[C@H]2COC[C@@H]2C/C=C\[C@@H](O)[C@@H]2CC[C@H]2CN2C[C@@]3(CCCc4cc(Cl)ccc43)COc3ccc1cc32. The zero-order chi connectivity index (χ0) is 29.1. The van der Waals surface area contributed by atoms with Crippen molar-refractivity contribution in [3.63, 3.8) is 0 Å². The average Bonchev–Trinajstić information content (AvgIpc) is 3.37. The molecule has 0 aromatic heterocycles. The fourth-order valence-corrected chi connectivity index (χ4v) is 9.44. The maximum atomic E-state index is 13.4. The standard InChI is InChI=1S/C32H37ClN2O6S/c33-24-8-10-26-20(13-24)4-2-12-32(26)18-35-15-22-6-9-25(22)28(36)5-1-3-23-16-40-17-30(23)42(38,39)34-31(37)21-7-11-29(41-19-32)27(35)14-21/h1,5,7-8,10-11,13-14,22-23,25,28,30,36H,2-4,6,9,12,15-19H2,(H,34,37)/b5-1-/t22-,23-,25+,28+,30-,32-/m0/s1. The van der Waals surface area contributed by atoms with Crippen molar-refractivity contribution in [3.8, 4) is 5.75 Å². The molecule has 3 aliphatic heterocycles. The third-order valence-electron chi connectivity index (χ3n) is 10.2. The van der Waals surface area contributed by atoms with E-state index in [-0.39, 0.29) is 35.3 Å². The molecule has 1 amide bonds. The highest BCUT2D eigenvalue weighted by molar-refractivity contribution is 7.90. The summed E-state index contributed by atoms with van der Waals surface area (Å²) >= 11 is 6.38. The van der Waals surface area contributed by atoms with E-state index in [4.69, 9.17) is 21.1 Å². The van der Waals surface area contributed by atoms with E-state index < -0.39 is 27.3 Å². The Morgan fingerprint density at radius 3 is 2.81 bits per heavy atom. The van der Waals surface area contributed by atoms with E-state index in [1.54, 1.807) is 18.2 Å². The molecule has 42 heavy (non-hydrogen) atoms. The van der Waals surface area contributed by atoms with Gasteiger partial charge in [0, 0.05) is 35.0 Å². The molecule has 0 unspecified atom stereocenters. The van der Waals surface area contributed by atoms with Crippen LogP contribution in [0.4, 0.5) is 5.69 Å². The van der Waals surface area contributed by atoms with E-state index in [9.17, 15) is 18.3 Å². The fraction of sp³-hybridized carbons (Fsp3) is 0.531. The molecule has 2 aromatic rings. The van der Waals surface area contributed by atoms with Gasteiger partial charge in [-0.05, 0) is 91.8 Å². The molecule has 0 radical (unpaired) electrons. The van der Waals surface area contributed by atoms with Crippen LogP contribution in [0.1, 0.15) is 53.6 Å². The second-order valence-corrected chi connectivity index (χ2v) is 15.1. The predicted octanol–water partition coefficient (Wildman–Crippen LogP) is 4.23. The number of nitrogens with zero attached hydrogens (tertiary/aromatic N) is 1. The third kappa shape index (κ3) is 5.02. The summed E-state index contributed by atoms with van der Waals surface area (Å²) in [6, 6.07) is 11.3. The number of allylic oxidation sites excluding steroid dienone is 1. The van der Waals surface area contributed by atoms with Gasteiger partial charge < -0.3 is 19.5 Å². The lowest BCUT2D eigenvalue weighted by atomic mass is 9.68. The molecule has 2 aromatic carbocycles. The first-order valence-electron chi connectivity index (χ1n) is 15.0. The van der Waals surface area contributed by atoms with Crippen LogP contribution < -0.4 is 14.4 Å². The summed E-state index contributed by atoms with van der Waals surface area (Å²) < 4.78 is 41.0. The van der Waals surface area contributed by atoms with Crippen LogP contribution in [-0.4, -0.2) is 63.7 Å². The van der Waals surface area contributed by atoms with Crippen molar-refractivity contribution >= 4 is 33.2 Å². The highest BCUT2D eigenvalue weighted by atomic mass is 35.5. The van der Waals surface area contributed by atoms with Crippen molar-refractivity contribution in [1.29, 1.82) is 0 Å². The Kier molecular flexibility index (Phi) is 7.28. The monoisotopic (exact) mass is 612 g/mol. The number of rotatable bonds is 0. The van der Waals surface area contributed by atoms with Gasteiger partial charge >= 0.3 is 0 Å². The second-order valence-electron chi connectivity index (χ2n) is 12.8. The van der Waals surface area contributed by atoms with Crippen molar-refractivity contribution in [2.24, 2.45) is 17.8 Å². The largest absolute Gasteiger partial charge is 0.490 e. The molecule has 1 saturated heterocycles. The van der Waals surface area contributed by atoms with E-state index in [0.717, 1.165) is 42.8 Å². The molecular weight excluding hydrogens is 576 g/mol. The summed E-state index contributed by atoms with van der Waals surface area (Å²) in [6.45, 7) is 2.23. The van der Waals surface area contributed by atoms with Gasteiger partial charge in [0.05, 0.1) is 31.6 Å². The molecule has 6 atom stereocenters. The van der Waals surface area contributed by atoms with Crippen LogP contribution in [0.15, 0.2) is 48.6 Å². The second kappa shape index (κ2) is 10.8. The van der Waals surface area contributed by atoms with Crippen molar-refractivity contribution in [1.82, 2.24) is 4.72 Å². The first-order valence-corrected chi connectivity index (χ1v) is 16.9. The molecule has 7 rings (SSSR count). The Morgan fingerprint density at radius 1 is 1.10 bits per heavy atom. The van der Waals surface area contributed by atoms with Gasteiger partial charge in [0.1, 0.15) is 11.0 Å². The number of anilines is 1. The smallest absolute Gasteiger partial charge is 0.264 e. The molecule has 2 N–H and O–H groups in total. The maximum Gasteiger partial charge on any atom is 0.264 e. The first-order chi connectivity index (χ1) is 20.2. The molecule has 10 heteroatoms. The zero-order valence-corrected chi connectivity index (χ0v) is 25.1. The molecule has 8 nitrogen and oxygen atoms in total. The number of aryl methyl sites for hydroxylation is 1. The van der Waals surface area contributed by atoms with Gasteiger partial charge in [-0.1, -0.05) is 29.8 Å². The summed E-state index contributed by atoms with van der Waals surface area (Å²) in [4.78, 5) is 15.7. The lowest BCUT2D eigenvalue weighted by Crippen LogP contribution is -2.49. The van der Waals surface area contributed by atoms with Gasteiger partial charge in [0.2, 0.25) is 10.0 Å². The Labute approximate surface area is 252 Å². The van der Waals surface area contributed by atoms with E-state index in [2.05, 4.69) is 21.8 Å². The molecule has 2 aliphatic carbocycles. The highest BCUT2D eigenvalue weighted by Crippen LogP contribution is 2.46. The number of carbonyl (C=O) groups is 1.